The Morgan fingerprint density at radius 3 is 2.50 bits per heavy atom. The number of nitrogens with one attached hydrogen (secondary N) is 1. The first-order valence-corrected chi connectivity index (χ1v) is 6.74. The van der Waals surface area contributed by atoms with Crippen LogP contribution in [0.2, 0.25) is 0 Å². The summed E-state index contributed by atoms with van der Waals surface area (Å²) in [5.74, 6) is 0.402. The van der Waals surface area contributed by atoms with Gasteiger partial charge < -0.3 is 9.73 Å². The van der Waals surface area contributed by atoms with E-state index in [0.717, 1.165) is 0 Å². The van der Waals surface area contributed by atoms with Gasteiger partial charge in [-0.3, -0.25) is 9.36 Å². The molecule has 0 bridgehead atoms. The Bertz CT molecular complexity index is 840. The molecule has 0 aliphatic carbocycles. The molecule has 0 spiro atoms. The predicted octanol–water partition coefficient (Wildman–Crippen LogP) is 3.50. The molecule has 0 radical (unpaired) electrons. The zero-order chi connectivity index (χ0) is 15.5. The van der Waals surface area contributed by atoms with Gasteiger partial charge in [0.15, 0.2) is 0 Å². The summed E-state index contributed by atoms with van der Waals surface area (Å²) in [6, 6.07) is 14.8. The van der Waals surface area contributed by atoms with Crippen LogP contribution < -0.4 is 5.32 Å². The molecule has 2 heterocycles. The van der Waals surface area contributed by atoms with Crippen LogP contribution in [0.1, 0.15) is 21.7 Å². The van der Waals surface area contributed by atoms with Crippen molar-refractivity contribution in [2.24, 2.45) is 0 Å². The van der Waals surface area contributed by atoms with Crippen LogP contribution in [0.15, 0.2) is 59.3 Å². The molecule has 5 nitrogen and oxygen atoms in total. The lowest BCUT2D eigenvalue weighted by Crippen LogP contribution is -2.13. The van der Waals surface area contributed by atoms with Gasteiger partial charge in [0.05, 0.1) is 0 Å². The number of hydrogen-bond acceptors (Lipinski definition) is 3. The zero-order valence-corrected chi connectivity index (χ0v) is 11.9. The van der Waals surface area contributed by atoms with Crippen molar-refractivity contribution in [2.75, 3.05) is 5.32 Å². The highest BCUT2D eigenvalue weighted by molar-refractivity contribution is 6.07. The number of benzene rings is 1. The normalized spacial score (nSPS) is 10.2. The third kappa shape index (κ3) is 2.38. The highest BCUT2D eigenvalue weighted by Crippen LogP contribution is 2.26. The molecule has 3 aromatic rings. The van der Waals surface area contributed by atoms with E-state index in [1.54, 1.807) is 36.0 Å². The van der Waals surface area contributed by atoms with Crippen LogP contribution in [0, 0.1) is 18.3 Å². The van der Waals surface area contributed by atoms with Gasteiger partial charge >= 0.3 is 0 Å². The number of carbonyl (C=O) groups is 1. The second-order valence-corrected chi connectivity index (χ2v) is 4.74. The van der Waals surface area contributed by atoms with Crippen molar-refractivity contribution in [1.29, 1.82) is 5.26 Å². The molecule has 0 saturated heterocycles. The van der Waals surface area contributed by atoms with Crippen LogP contribution in [-0.4, -0.2) is 10.5 Å². The highest BCUT2D eigenvalue weighted by atomic mass is 16.4. The molecule has 2 aromatic heterocycles. The van der Waals surface area contributed by atoms with Gasteiger partial charge in [-0.05, 0) is 31.2 Å². The van der Waals surface area contributed by atoms with E-state index >= 15 is 0 Å². The summed E-state index contributed by atoms with van der Waals surface area (Å²) in [5, 5.41) is 12.2. The number of rotatable bonds is 3. The molecule has 3 rings (SSSR count). The Balaban J connectivity index is 2.01. The van der Waals surface area contributed by atoms with Crippen LogP contribution in [-0.2, 0) is 0 Å². The number of anilines is 1. The lowest BCUT2D eigenvalue weighted by molar-refractivity contribution is 0.102. The van der Waals surface area contributed by atoms with Crippen LogP contribution in [0.3, 0.4) is 0 Å². The summed E-state index contributed by atoms with van der Waals surface area (Å²) >= 11 is 0. The number of nitriles is 1. The van der Waals surface area contributed by atoms with Gasteiger partial charge in [-0.2, -0.15) is 5.26 Å². The fourth-order valence-electron chi connectivity index (χ4n) is 2.27. The Morgan fingerprint density at radius 1 is 1.18 bits per heavy atom. The van der Waals surface area contributed by atoms with Gasteiger partial charge in [-0.25, -0.2) is 0 Å². The molecule has 0 aliphatic heterocycles. The maximum Gasteiger partial charge on any atom is 0.260 e. The van der Waals surface area contributed by atoms with Crippen molar-refractivity contribution in [1.82, 2.24) is 4.57 Å². The minimum absolute atomic E-state index is 0.224. The molecule has 1 aromatic carbocycles. The maximum absolute atomic E-state index is 12.5. The lowest BCUT2D eigenvalue weighted by Gasteiger charge is -2.04. The number of furan rings is 1. The van der Waals surface area contributed by atoms with Crippen molar-refractivity contribution >= 4 is 11.6 Å². The maximum atomic E-state index is 12.5. The fourth-order valence-corrected chi connectivity index (χ4v) is 2.27. The minimum atomic E-state index is -0.359. The topological polar surface area (TPSA) is 71.0 Å². The number of aryl methyl sites for hydroxylation is 1. The molecule has 5 heteroatoms. The summed E-state index contributed by atoms with van der Waals surface area (Å²) in [4.78, 5) is 12.5. The smallest absolute Gasteiger partial charge is 0.260 e. The number of amides is 1. The molecule has 1 N–H and O–H groups in total. The van der Waals surface area contributed by atoms with Crippen molar-refractivity contribution in [3.63, 3.8) is 0 Å². The fraction of sp³-hybridized carbons (Fsp3) is 0.0588. The van der Waals surface area contributed by atoms with Crippen molar-refractivity contribution in [3.05, 3.63) is 71.7 Å². The van der Waals surface area contributed by atoms with E-state index < -0.39 is 0 Å². The SMILES string of the molecule is Cc1oc(-n2cccc2)c(C#N)c1C(=O)Nc1ccccc1. The minimum Gasteiger partial charge on any atom is -0.443 e. The van der Waals surface area contributed by atoms with E-state index in [4.69, 9.17) is 4.42 Å². The lowest BCUT2D eigenvalue weighted by atomic mass is 10.1. The third-order valence-electron chi connectivity index (χ3n) is 3.28. The second-order valence-electron chi connectivity index (χ2n) is 4.74. The van der Waals surface area contributed by atoms with Gasteiger partial charge in [0, 0.05) is 18.1 Å². The molecule has 22 heavy (non-hydrogen) atoms. The quantitative estimate of drug-likeness (QED) is 0.802. The molecule has 0 fully saturated rings. The van der Waals surface area contributed by atoms with E-state index in [0.29, 0.717) is 17.3 Å². The predicted molar refractivity (Wildman–Crippen MR) is 81.9 cm³/mol. The zero-order valence-electron chi connectivity index (χ0n) is 11.9. The molecule has 1 amide bonds. The monoisotopic (exact) mass is 291 g/mol. The summed E-state index contributed by atoms with van der Waals surface area (Å²) in [5.41, 5.74) is 1.15. The molecular weight excluding hydrogens is 278 g/mol. The van der Waals surface area contributed by atoms with E-state index in [9.17, 15) is 10.1 Å². The Hall–Kier alpha value is -3.26. The second kappa shape index (κ2) is 5.62. The average Bonchev–Trinajstić information content (AvgIpc) is 3.15. The van der Waals surface area contributed by atoms with E-state index in [1.807, 2.05) is 30.3 Å². The number of hydrogen-bond donors (Lipinski definition) is 1. The van der Waals surface area contributed by atoms with Gasteiger partial charge in [0.2, 0.25) is 5.88 Å². The van der Waals surface area contributed by atoms with Crippen molar-refractivity contribution < 1.29 is 9.21 Å². The van der Waals surface area contributed by atoms with Crippen molar-refractivity contribution in [3.8, 4) is 12.0 Å². The molecule has 0 unspecified atom stereocenters. The number of nitrogens with zero attached hydrogens (tertiary/aromatic N) is 2. The van der Waals surface area contributed by atoms with Crippen LogP contribution in [0.4, 0.5) is 5.69 Å². The van der Waals surface area contributed by atoms with E-state index in [2.05, 4.69) is 11.4 Å². The number of para-hydroxylation sites is 1. The highest BCUT2D eigenvalue weighted by Gasteiger charge is 2.24. The standard InChI is InChI=1S/C17H13N3O2/c1-12-15(16(21)19-13-7-3-2-4-8-13)14(11-18)17(22-12)20-9-5-6-10-20/h2-10H,1H3,(H,19,21). The molecule has 0 atom stereocenters. The molecule has 0 saturated carbocycles. The summed E-state index contributed by atoms with van der Waals surface area (Å²) in [7, 11) is 0. The van der Waals surface area contributed by atoms with Crippen LogP contribution in [0.25, 0.3) is 5.88 Å². The molecule has 108 valence electrons. The van der Waals surface area contributed by atoms with Crippen molar-refractivity contribution in [2.45, 2.75) is 6.92 Å². The average molecular weight is 291 g/mol. The van der Waals surface area contributed by atoms with E-state index in [1.165, 1.54) is 0 Å². The molecule has 0 aliphatic rings. The summed E-state index contributed by atoms with van der Waals surface area (Å²) < 4.78 is 7.29. The first-order chi connectivity index (χ1) is 10.7. The van der Waals surface area contributed by atoms with Gasteiger partial charge in [-0.1, -0.05) is 18.2 Å². The Labute approximate surface area is 127 Å². The third-order valence-corrected chi connectivity index (χ3v) is 3.28. The Kier molecular flexibility index (Phi) is 3.50. The first kappa shape index (κ1) is 13.7. The van der Waals surface area contributed by atoms with Gasteiger partial charge in [-0.15, -0.1) is 0 Å². The largest absolute Gasteiger partial charge is 0.443 e. The number of carbonyl (C=O) groups excluding carboxylic acids is 1. The molecular formula is C17H13N3O2. The van der Waals surface area contributed by atoms with Crippen LogP contribution >= 0.6 is 0 Å². The first-order valence-electron chi connectivity index (χ1n) is 6.74. The number of aromatic nitrogens is 1. The summed E-state index contributed by atoms with van der Waals surface area (Å²) in [6.45, 7) is 1.67. The van der Waals surface area contributed by atoms with E-state index in [-0.39, 0.29) is 17.0 Å². The van der Waals surface area contributed by atoms with Gasteiger partial charge in [0.25, 0.3) is 5.91 Å². The Morgan fingerprint density at radius 2 is 1.86 bits per heavy atom. The van der Waals surface area contributed by atoms with Gasteiger partial charge in [0.1, 0.15) is 23.0 Å². The van der Waals surface area contributed by atoms with Crippen LogP contribution in [0.5, 0.6) is 0 Å². The summed E-state index contributed by atoms with van der Waals surface area (Å²) in [6.07, 6.45) is 3.52.